The van der Waals surface area contributed by atoms with Crippen LogP contribution in [0.15, 0.2) is 24.3 Å². The molecule has 1 amide bonds. The third kappa shape index (κ3) is 3.26. The Kier molecular flexibility index (Phi) is 4.96. The molecule has 0 aliphatic carbocycles. The topological polar surface area (TPSA) is 166 Å². The first-order valence-corrected chi connectivity index (χ1v) is 7.23. The monoisotopic (exact) mass is 333 g/mol. The molecule has 1 aliphatic rings. The molecule has 7 N–H and O–H groups in total. The minimum atomic E-state index is -1.67. The molecule has 1 aromatic rings. The molecule has 0 spiro atoms. The maximum absolute atomic E-state index is 12.6. The minimum Gasteiger partial charge on any atom is -0.384 e. The van der Waals surface area contributed by atoms with Gasteiger partial charge < -0.3 is 26.0 Å². The van der Waals surface area contributed by atoms with Crippen molar-refractivity contribution in [3.05, 3.63) is 29.8 Å². The van der Waals surface area contributed by atoms with Gasteiger partial charge in [-0.2, -0.15) is 5.90 Å². The van der Waals surface area contributed by atoms with Crippen LogP contribution in [0.25, 0.3) is 0 Å². The van der Waals surface area contributed by atoms with Crippen LogP contribution in [-0.4, -0.2) is 36.1 Å². The number of anilines is 1. The van der Waals surface area contributed by atoms with Gasteiger partial charge in [-0.3, -0.25) is 15.0 Å². The second-order valence-electron chi connectivity index (χ2n) is 5.69. The first-order chi connectivity index (χ1) is 11.3. The summed E-state index contributed by atoms with van der Waals surface area (Å²) >= 11 is 0. The lowest BCUT2D eigenvalue weighted by molar-refractivity contribution is -0.147. The zero-order valence-electron chi connectivity index (χ0n) is 12.9. The zero-order chi connectivity index (χ0) is 17.9. The minimum absolute atomic E-state index is 0.0746. The Morgan fingerprint density at radius 3 is 2.54 bits per heavy atom. The van der Waals surface area contributed by atoms with E-state index in [1.807, 2.05) is 0 Å². The van der Waals surface area contributed by atoms with Gasteiger partial charge in [0.2, 0.25) is 5.91 Å². The Bertz CT molecular complexity index is 675. The van der Waals surface area contributed by atoms with E-state index in [1.54, 1.807) is 24.3 Å². The smallest absolute Gasteiger partial charge is 0.326 e. The molecule has 1 fully saturated rings. The summed E-state index contributed by atoms with van der Waals surface area (Å²) in [5.74, 6) is 2.64. The molecule has 0 aromatic heterocycles. The first kappa shape index (κ1) is 17.6. The van der Waals surface area contributed by atoms with E-state index in [0.29, 0.717) is 30.5 Å². The van der Waals surface area contributed by atoms with E-state index in [9.17, 15) is 14.4 Å². The molecule has 1 heterocycles. The Balaban J connectivity index is 2.20. The average Bonchev–Trinajstić information content (AvgIpc) is 2.96. The third-order valence-electron chi connectivity index (χ3n) is 4.15. The highest BCUT2D eigenvalue weighted by atomic mass is 16.7. The summed E-state index contributed by atoms with van der Waals surface area (Å²) < 4.78 is 0. The van der Waals surface area contributed by atoms with Crippen LogP contribution in [0.2, 0.25) is 0 Å². The van der Waals surface area contributed by atoms with Crippen LogP contribution >= 0.6 is 0 Å². The number of carbonyl (C=O) groups excluding carboxylic acids is 3. The van der Waals surface area contributed by atoms with Crippen molar-refractivity contribution in [2.75, 3.05) is 11.4 Å². The second kappa shape index (κ2) is 6.77. The maximum atomic E-state index is 12.6. The summed E-state index contributed by atoms with van der Waals surface area (Å²) in [7, 11) is 0. The molecular formula is C15H19N5O4. The van der Waals surface area contributed by atoms with Crippen molar-refractivity contribution >= 4 is 29.7 Å². The molecule has 1 aliphatic heterocycles. The fourth-order valence-electron chi connectivity index (χ4n) is 2.79. The Morgan fingerprint density at radius 1 is 1.42 bits per heavy atom. The van der Waals surface area contributed by atoms with E-state index in [0.717, 1.165) is 0 Å². The number of hydrogen-bond donors (Lipinski definition) is 4. The molecule has 2 atom stereocenters. The number of nitrogen functional groups attached to an aromatic ring is 1. The molecule has 2 rings (SSSR count). The summed E-state index contributed by atoms with van der Waals surface area (Å²) in [6.07, 6.45) is 0.246. The maximum Gasteiger partial charge on any atom is 0.326 e. The molecule has 2 unspecified atom stereocenters. The van der Waals surface area contributed by atoms with E-state index in [1.165, 1.54) is 4.90 Å². The molecule has 9 heteroatoms. The summed E-state index contributed by atoms with van der Waals surface area (Å²) in [5.41, 5.74) is 10.8. The van der Waals surface area contributed by atoms with Crippen LogP contribution in [0.3, 0.4) is 0 Å². The summed E-state index contributed by atoms with van der Waals surface area (Å²) in [6, 6.07) is 6.56. The van der Waals surface area contributed by atoms with Gasteiger partial charge in [0.1, 0.15) is 12.1 Å². The van der Waals surface area contributed by atoms with Crippen molar-refractivity contribution in [2.45, 2.75) is 18.4 Å². The molecular weight excluding hydrogens is 314 g/mol. The summed E-state index contributed by atoms with van der Waals surface area (Å²) in [4.78, 5) is 40.9. The van der Waals surface area contributed by atoms with Crippen molar-refractivity contribution in [3.63, 3.8) is 0 Å². The van der Waals surface area contributed by atoms with Crippen LogP contribution in [0.5, 0.6) is 0 Å². The van der Waals surface area contributed by atoms with Crippen LogP contribution in [-0.2, 0) is 19.2 Å². The standard InChI is InChI=1S/C15H19N5O4/c16-13(17)9-1-3-10(4-2-9)20-6-5-11(14(20)23)15(18,8-21)7-12(22)24-19/h1-4,8,11H,5-7,18-19H2,(H3,16,17). The van der Waals surface area contributed by atoms with Gasteiger partial charge in [0.25, 0.3) is 0 Å². The van der Waals surface area contributed by atoms with Crippen LogP contribution in [0.4, 0.5) is 5.69 Å². The highest BCUT2D eigenvalue weighted by Crippen LogP contribution is 2.32. The van der Waals surface area contributed by atoms with Crippen molar-refractivity contribution in [1.82, 2.24) is 0 Å². The van der Waals surface area contributed by atoms with Gasteiger partial charge in [0.05, 0.1) is 17.9 Å². The molecule has 1 aromatic carbocycles. The fourth-order valence-corrected chi connectivity index (χ4v) is 2.79. The average molecular weight is 333 g/mol. The Hall–Kier alpha value is -2.78. The molecule has 0 radical (unpaired) electrons. The van der Waals surface area contributed by atoms with E-state index in [4.69, 9.17) is 22.8 Å². The number of nitrogens with two attached hydrogens (primary N) is 3. The molecule has 9 nitrogen and oxygen atoms in total. The number of nitrogens with zero attached hydrogens (tertiary/aromatic N) is 1. The van der Waals surface area contributed by atoms with Gasteiger partial charge in [0, 0.05) is 17.8 Å². The van der Waals surface area contributed by atoms with Crippen LogP contribution in [0.1, 0.15) is 18.4 Å². The number of benzene rings is 1. The second-order valence-corrected chi connectivity index (χ2v) is 5.69. The number of amidine groups is 1. The lowest BCUT2D eigenvalue weighted by Gasteiger charge is -2.27. The molecule has 128 valence electrons. The number of amides is 1. The first-order valence-electron chi connectivity index (χ1n) is 7.23. The summed E-state index contributed by atoms with van der Waals surface area (Å²) in [6.45, 7) is 0.355. The predicted octanol–water partition coefficient (Wildman–Crippen LogP) is -0.973. The number of carbonyl (C=O) groups is 3. The largest absolute Gasteiger partial charge is 0.384 e. The van der Waals surface area contributed by atoms with Crippen LogP contribution in [0, 0.1) is 11.3 Å². The van der Waals surface area contributed by atoms with Crippen molar-refractivity contribution in [1.29, 1.82) is 5.41 Å². The third-order valence-corrected chi connectivity index (χ3v) is 4.15. The van der Waals surface area contributed by atoms with Crippen molar-refractivity contribution < 1.29 is 19.2 Å². The zero-order valence-corrected chi connectivity index (χ0v) is 12.9. The molecule has 0 saturated carbocycles. The molecule has 24 heavy (non-hydrogen) atoms. The quantitative estimate of drug-likeness (QED) is 0.225. The van der Waals surface area contributed by atoms with Crippen LogP contribution < -0.4 is 22.3 Å². The Labute approximate surface area is 138 Å². The van der Waals surface area contributed by atoms with Gasteiger partial charge in [0.15, 0.2) is 0 Å². The van der Waals surface area contributed by atoms with Crippen molar-refractivity contribution in [2.24, 2.45) is 23.3 Å². The van der Waals surface area contributed by atoms with E-state index in [-0.39, 0.29) is 11.7 Å². The number of aldehydes is 1. The molecule has 0 bridgehead atoms. The Morgan fingerprint density at radius 2 is 2.04 bits per heavy atom. The van der Waals surface area contributed by atoms with Gasteiger partial charge in [-0.05, 0) is 30.7 Å². The van der Waals surface area contributed by atoms with Gasteiger partial charge in [-0.25, -0.2) is 0 Å². The molecule has 1 saturated heterocycles. The van der Waals surface area contributed by atoms with Gasteiger partial charge >= 0.3 is 5.97 Å². The number of hydrogen-bond acceptors (Lipinski definition) is 7. The predicted molar refractivity (Wildman–Crippen MR) is 85.8 cm³/mol. The van der Waals surface area contributed by atoms with Gasteiger partial charge in [-0.1, -0.05) is 0 Å². The number of rotatable bonds is 6. The highest BCUT2D eigenvalue weighted by Gasteiger charge is 2.47. The lowest BCUT2D eigenvalue weighted by Crippen LogP contribution is -2.53. The fraction of sp³-hybridized carbons (Fsp3) is 0.333. The lowest BCUT2D eigenvalue weighted by atomic mass is 9.82. The van der Waals surface area contributed by atoms with Crippen molar-refractivity contribution in [3.8, 4) is 0 Å². The number of nitrogens with one attached hydrogen (secondary N) is 1. The normalized spacial score (nSPS) is 19.7. The van der Waals surface area contributed by atoms with E-state index < -0.39 is 23.8 Å². The SMILES string of the molecule is N=C(N)c1ccc(N2CCC(C(N)(C=O)CC(=O)ON)C2=O)cc1. The highest BCUT2D eigenvalue weighted by molar-refractivity contribution is 6.01. The van der Waals surface area contributed by atoms with E-state index in [2.05, 4.69) is 4.84 Å². The van der Waals surface area contributed by atoms with Gasteiger partial charge in [-0.15, -0.1) is 0 Å². The summed E-state index contributed by atoms with van der Waals surface area (Å²) in [5, 5.41) is 7.37. The van der Waals surface area contributed by atoms with E-state index >= 15 is 0 Å².